The molecule has 1 amide bonds. The number of nitrogens with one attached hydrogen (secondary N) is 1. The lowest BCUT2D eigenvalue weighted by molar-refractivity contribution is -0.143. The number of carbonyl (C=O) groups excluding carboxylic acids is 2. The van der Waals surface area contributed by atoms with Gasteiger partial charge in [-0.25, -0.2) is 4.68 Å². The third-order valence-electron chi connectivity index (χ3n) is 6.95. The van der Waals surface area contributed by atoms with Crippen molar-refractivity contribution in [3.63, 3.8) is 0 Å². The largest absolute Gasteiger partial charge is 0.436 e. The molecule has 0 aliphatic carbocycles. The SMILES string of the molecule is Cc1c(Cl)c(C(F)(F)F)nn1C(C=O)N1CCC(C(=O)N2CCNCC2)(c2ccc(Cl)cc2)CC1. The maximum atomic E-state index is 13.8. The van der Waals surface area contributed by atoms with Gasteiger partial charge in [0.1, 0.15) is 0 Å². The van der Waals surface area contributed by atoms with Crippen LogP contribution >= 0.6 is 23.2 Å². The number of benzene rings is 1. The summed E-state index contributed by atoms with van der Waals surface area (Å²) in [6, 6.07) is 7.20. The van der Waals surface area contributed by atoms with Crippen LogP contribution in [0, 0.1) is 6.92 Å². The lowest BCUT2D eigenvalue weighted by Gasteiger charge is -2.45. The van der Waals surface area contributed by atoms with Crippen LogP contribution in [0.2, 0.25) is 10.0 Å². The minimum atomic E-state index is -4.73. The summed E-state index contributed by atoms with van der Waals surface area (Å²) in [4.78, 5) is 29.5. The van der Waals surface area contributed by atoms with E-state index in [-0.39, 0.29) is 11.6 Å². The van der Waals surface area contributed by atoms with Crippen LogP contribution in [0.1, 0.15) is 36.0 Å². The molecule has 2 aliphatic heterocycles. The van der Waals surface area contributed by atoms with Gasteiger partial charge in [-0.1, -0.05) is 35.3 Å². The molecule has 2 aliphatic rings. The van der Waals surface area contributed by atoms with Crippen LogP contribution in [0.4, 0.5) is 13.2 Å². The third kappa shape index (κ3) is 4.94. The predicted octanol–water partition coefficient (Wildman–Crippen LogP) is 3.68. The van der Waals surface area contributed by atoms with Gasteiger partial charge in [0.15, 0.2) is 18.1 Å². The number of hydrogen-bond donors (Lipinski definition) is 1. The molecule has 1 N–H and O–H groups in total. The van der Waals surface area contributed by atoms with Gasteiger partial charge in [-0.15, -0.1) is 0 Å². The molecule has 2 fully saturated rings. The summed E-state index contributed by atoms with van der Waals surface area (Å²) in [6.45, 7) is 4.63. The van der Waals surface area contributed by atoms with E-state index in [4.69, 9.17) is 23.2 Å². The first-order chi connectivity index (χ1) is 16.6. The van der Waals surface area contributed by atoms with Crippen LogP contribution in [-0.4, -0.2) is 71.0 Å². The Balaban J connectivity index is 1.62. The van der Waals surface area contributed by atoms with Crippen molar-refractivity contribution in [2.24, 2.45) is 0 Å². The molecule has 0 spiro atoms. The van der Waals surface area contributed by atoms with E-state index in [0.717, 1.165) is 10.2 Å². The highest BCUT2D eigenvalue weighted by molar-refractivity contribution is 6.32. The molecule has 7 nitrogen and oxygen atoms in total. The van der Waals surface area contributed by atoms with Gasteiger partial charge in [-0.2, -0.15) is 18.3 Å². The molecule has 1 unspecified atom stereocenters. The van der Waals surface area contributed by atoms with E-state index in [0.29, 0.717) is 63.4 Å². The average Bonchev–Trinajstić information content (AvgIpc) is 3.15. The summed E-state index contributed by atoms with van der Waals surface area (Å²) in [7, 11) is 0. The molecule has 4 rings (SSSR count). The van der Waals surface area contributed by atoms with E-state index in [1.54, 1.807) is 17.0 Å². The Hall–Kier alpha value is -2.14. The van der Waals surface area contributed by atoms with Crippen LogP contribution in [0.5, 0.6) is 0 Å². The number of halogens is 5. The van der Waals surface area contributed by atoms with Gasteiger partial charge in [-0.05, 0) is 37.5 Å². The molecule has 3 heterocycles. The number of hydrogen-bond acceptors (Lipinski definition) is 5. The number of piperidine rings is 1. The highest BCUT2D eigenvalue weighted by Gasteiger charge is 2.47. The highest BCUT2D eigenvalue weighted by atomic mass is 35.5. The van der Waals surface area contributed by atoms with E-state index < -0.39 is 28.5 Å². The van der Waals surface area contributed by atoms with Crippen LogP contribution in [0.25, 0.3) is 0 Å². The van der Waals surface area contributed by atoms with E-state index in [1.807, 2.05) is 17.0 Å². The molecular weight excluding hydrogens is 506 g/mol. The number of piperazine rings is 1. The molecule has 1 aromatic heterocycles. The van der Waals surface area contributed by atoms with E-state index in [9.17, 15) is 22.8 Å². The zero-order valence-electron chi connectivity index (χ0n) is 19.1. The Bertz CT molecular complexity index is 1080. The van der Waals surface area contributed by atoms with Gasteiger partial charge in [-0.3, -0.25) is 14.5 Å². The fourth-order valence-corrected chi connectivity index (χ4v) is 5.33. The van der Waals surface area contributed by atoms with Gasteiger partial charge in [0.25, 0.3) is 0 Å². The zero-order valence-corrected chi connectivity index (χ0v) is 20.6. The van der Waals surface area contributed by atoms with Crippen molar-refractivity contribution in [3.05, 3.63) is 51.3 Å². The fourth-order valence-electron chi connectivity index (χ4n) is 4.97. The minimum absolute atomic E-state index is 0.0151. The Labute approximate surface area is 211 Å². The first-order valence-electron chi connectivity index (χ1n) is 11.4. The third-order valence-corrected chi connectivity index (χ3v) is 7.66. The van der Waals surface area contributed by atoms with Crippen molar-refractivity contribution in [1.82, 2.24) is 24.9 Å². The molecule has 0 saturated carbocycles. The summed E-state index contributed by atoms with van der Waals surface area (Å²) in [5, 5.41) is 6.91. The number of aromatic nitrogens is 2. The summed E-state index contributed by atoms with van der Waals surface area (Å²) in [5.74, 6) is 0.0151. The average molecular weight is 532 g/mol. The highest BCUT2D eigenvalue weighted by Crippen LogP contribution is 2.41. The summed E-state index contributed by atoms with van der Waals surface area (Å²) >= 11 is 12.0. The molecule has 190 valence electrons. The number of alkyl halides is 3. The summed E-state index contributed by atoms with van der Waals surface area (Å²) < 4.78 is 41.0. The van der Waals surface area contributed by atoms with E-state index in [2.05, 4.69) is 10.4 Å². The zero-order chi connectivity index (χ0) is 25.4. The molecule has 12 heteroatoms. The monoisotopic (exact) mass is 531 g/mol. The molecule has 2 aromatic rings. The van der Waals surface area contributed by atoms with Crippen molar-refractivity contribution in [2.75, 3.05) is 39.3 Å². The second kappa shape index (κ2) is 10.1. The van der Waals surface area contributed by atoms with Crippen LogP contribution in [0.3, 0.4) is 0 Å². The minimum Gasteiger partial charge on any atom is -0.339 e. The quantitative estimate of drug-likeness (QED) is 0.596. The van der Waals surface area contributed by atoms with Gasteiger partial charge < -0.3 is 10.2 Å². The van der Waals surface area contributed by atoms with Crippen molar-refractivity contribution in [3.8, 4) is 0 Å². The van der Waals surface area contributed by atoms with Crippen molar-refractivity contribution < 1.29 is 22.8 Å². The first kappa shape index (κ1) is 25.9. The summed E-state index contributed by atoms with van der Waals surface area (Å²) in [6.07, 6.45) is -4.46. The lowest BCUT2D eigenvalue weighted by Crippen LogP contribution is -2.57. The van der Waals surface area contributed by atoms with Gasteiger partial charge in [0.2, 0.25) is 5.91 Å². The first-order valence-corrected chi connectivity index (χ1v) is 12.1. The molecule has 1 atom stereocenters. The second-order valence-corrected chi connectivity index (χ2v) is 9.72. The molecule has 0 radical (unpaired) electrons. The number of rotatable bonds is 5. The van der Waals surface area contributed by atoms with Crippen molar-refractivity contribution >= 4 is 35.4 Å². The number of likely N-dealkylation sites (tertiary alicyclic amines) is 1. The topological polar surface area (TPSA) is 70.5 Å². The molecular formula is C23H26Cl2F3N5O2. The maximum Gasteiger partial charge on any atom is 0.436 e. The normalized spacial score (nSPS) is 20.0. The number of carbonyl (C=O) groups is 2. The van der Waals surface area contributed by atoms with Crippen LogP contribution < -0.4 is 5.32 Å². The van der Waals surface area contributed by atoms with Gasteiger partial charge in [0, 0.05) is 44.3 Å². The number of nitrogens with zero attached hydrogens (tertiary/aromatic N) is 4. The van der Waals surface area contributed by atoms with Crippen molar-refractivity contribution in [2.45, 2.75) is 37.5 Å². The Morgan fingerprint density at radius 2 is 1.71 bits per heavy atom. The van der Waals surface area contributed by atoms with Crippen LogP contribution in [0.15, 0.2) is 24.3 Å². The van der Waals surface area contributed by atoms with Gasteiger partial charge >= 0.3 is 6.18 Å². The second-order valence-electron chi connectivity index (χ2n) is 8.91. The Morgan fingerprint density at radius 1 is 1.11 bits per heavy atom. The van der Waals surface area contributed by atoms with E-state index >= 15 is 0 Å². The summed E-state index contributed by atoms with van der Waals surface area (Å²) in [5.41, 5.74) is -1.14. The Kier molecular flexibility index (Phi) is 7.47. The van der Waals surface area contributed by atoms with Gasteiger partial charge in [0.05, 0.1) is 16.1 Å². The fraction of sp³-hybridized carbons (Fsp3) is 0.522. The van der Waals surface area contributed by atoms with Crippen molar-refractivity contribution in [1.29, 1.82) is 0 Å². The van der Waals surface area contributed by atoms with E-state index in [1.165, 1.54) is 6.92 Å². The molecule has 1 aromatic carbocycles. The smallest absolute Gasteiger partial charge is 0.339 e. The standard InChI is InChI=1S/C23H26Cl2F3N5O2/c1-15-19(25)20(23(26,27)28)30-33(15)18(14-34)31-10-6-22(7-11-31,16-2-4-17(24)5-3-16)21(35)32-12-8-29-9-13-32/h2-5,14,18,29H,6-13H2,1H3. The molecule has 2 saturated heterocycles. The number of aldehydes is 1. The molecule has 0 bridgehead atoms. The maximum absolute atomic E-state index is 13.8. The molecule has 35 heavy (non-hydrogen) atoms. The van der Waals surface area contributed by atoms with Crippen LogP contribution in [-0.2, 0) is 21.2 Å². The Morgan fingerprint density at radius 3 is 2.23 bits per heavy atom. The predicted molar refractivity (Wildman–Crippen MR) is 125 cm³/mol. The number of amides is 1. The lowest BCUT2D eigenvalue weighted by atomic mass is 9.71.